The molecule has 1 aliphatic heterocycles. The molecule has 0 aromatic carbocycles. The molecule has 44 heavy (non-hydrogen) atoms. The number of hydrogen-bond donors (Lipinski definition) is 4. The molecule has 0 radical (unpaired) electrons. The summed E-state index contributed by atoms with van der Waals surface area (Å²) in [5.41, 5.74) is 0.973. The predicted molar refractivity (Wildman–Crippen MR) is 173 cm³/mol. The van der Waals surface area contributed by atoms with Crippen LogP contribution < -0.4 is 5.32 Å². The van der Waals surface area contributed by atoms with E-state index in [2.05, 4.69) is 25.2 Å². The van der Waals surface area contributed by atoms with Crippen molar-refractivity contribution in [3.05, 3.63) is 23.8 Å². The monoisotopic (exact) mass is 623 g/mol. The Morgan fingerprint density at radius 3 is 2.34 bits per heavy atom. The van der Waals surface area contributed by atoms with E-state index in [1.807, 2.05) is 26.0 Å². The molecule has 9 heteroatoms. The number of β-amino-alcohol motifs (C(OH)–C–C–N with tert-alkyl or cyclic N) is 1. The van der Waals surface area contributed by atoms with Gasteiger partial charge in [0.15, 0.2) is 6.10 Å². The second-order valence-electron chi connectivity index (χ2n) is 12.8. The molecule has 9 nitrogen and oxygen atoms in total. The molecule has 4 N–H and O–H groups in total. The third-order valence-corrected chi connectivity index (χ3v) is 8.49. The average molecular weight is 624 g/mol. The minimum absolute atomic E-state index is 0.113. The molecule has 0 saturated heterocycles. The number of esters is 1. The smallest absolute Gasteiger partial charge is 0.309 e. The first-order valence-electron chi connectivity index (χ1n) is 16.9. The first-order valence-corrected chi connectivity index (χ1v) is 16.9. The fourth-order valence-corrected chi connectivity index (χ4v) is 5.63. The number of ketones is 1. The van der Waals surface area contributed by atoms with Crippen molar-refractivity contribution in [1.82, 2.24) is 5.32 Å². The van der Waals surface area contributed by atoms with E-state index in [4.69, 9.17) is 9.47 Å². The molecule has 0 saturated carbocycles. The van der Waals surface area contributed by atoms with Crippen molar-refractivity contribution in [3.8, 4) is 0 Å². The maximum atomic E-state index is 12.8. The number of rotatable bonds is 5. The van der Waals surface area contributed by atoms with Crippen LogP contribution in [-0.2, 0) is 23.9 Å². The zero-order valence-electron chi connectivity index (χ0n) is 28.0. The fourth-order valence-electron chi connectivity index (χ4n) is 5.63. The molecule has 0 bridgehead atoms. The number of carbonyl (C=O) groups is 3. The van der Waals surface area contributed by atoms with Crippen molar-refractivity contribution in [3.63, 3.8) is 0 Å². The molecule has 1 rings (SSSR count). The van der Waals surface area contributed by atoms with Crippen LogP contribution in [0.25, 0.3) is 0 Å². The number of hydrogen-bond acceptors (Lipinski definition) is 8. The summed E-state index contributed by atoms with van der Waals surface area (Å²) in [5.74, 6) is -0.318. The summed E-state index contributed by atoms with van der Waals surface area (Å²) in [6, 6.07) is 0. The lowest BCUT2D eigenvalue weighted by Gasteiger charge is -2.23. The predicted octanol–water partition coefficient (Wildman–Crippen LogP) is 5.20. The molecule has 7 unspecified atom stereocenters. The van der Waals surface area contributed by atoms with Gasteiger partial charge in [0.05, 0.1) is 30.8 Å². The van der Waals surface area contributed by atoms with Crippen LogP contribution in [0.4, 0.5) is 0 Å². The molecule has 0 aromatic rings. The van der Waals surface area contributed by atoms with E-state index in [0.717, 1.165) is 44.1 Å². The molecule has 1 heterocycles. The third kappa shape index (κ3) is 17.4. The highest BCUT2D eigenvalue weighted by atomic mass is 16.5. The Balaban J connectivity index is 2.96. The Bertz CT molecular complexity index is 888. The Morgan fingerprint density at radius 1 is 0.932 bits per heavy atom. The number of aliphatic hydroxyl groups is 3. The van der Waals surface area contributed by atoms with Crippen LogP contribution in [0.3, 0.4) is 0 Å². The number of carbonyl (C=O) groups excluding carboxylic acids is 3. The van der Waals surface area contributed by atoms with Crippen LogP contribution in [0, 0.1) is 17.8 Å². The first kappa shape index (κ1) is 40.0. The van der Waals surface area contributed by atoms with Crippen molar-refractivity contribution >= 4 is 17.7 Å². The number of nitrogens with one attached hydrogen (secondary N) is 1. The number of cyclic esters (lactones) is 1. The standard InChI is InChI=1S/C35H61NO8/c1-6-12-33-34(41)36-23-30(38)22-32(40)31(39)20-19-28(24-43-5)16-10-14-27(7-2)15-11-18-29(37)17-9-8-13-25(3)21-26(4)35(42)44-33/h10,14,16,25-27,30-33,38-40H,6-9,11-13,15,17-24H2,1-5H3,(H,36,41)/b14-10?,28-16+. The first-order chi connectivity index (χ1) is 21.0. The normalized spacial score (nSPS) is 32.0. The highest BCUT2D eigenvalue weighted by molar-refractivity contribution is 5.84. The maximum absolute atomic E-state index is 12.8. The van der Waals surface area contributed by atoms with E-state index in [0.29, 0.717) is 56.8 Å². The van der Waals surface area contributed by atoms with E-state index >= 15 is 0 Å². The van der Waals surface area contributed by atoms with Gasteiger partial charge in [0.2, 0.25) is 0 Å². The van der Waals surface area contributed by atoms with Gasteiger partial charge in [0.1, 0.15) is 5.78 Å². The van der Waals surface area contributed by atoms with Gasteiger partial charge in [0.25, 0.3) is 5.91 Å². The molecule has 1 aliphatic rings. The number of allylic oxidation sites excluding steroid dienone is 3. The average Bonchev–Trinajstić information content (AvgIpc) is 2.98. The number of Topliss-reactive ketones (excluding diaryl/α,β-unsaturated/α-hetero) is 1. The number of amides is 1. The lowest BCUT2D eigenvalue weighted by atomic mass is 9.92. The zero-order chi connectivity index (χ0) is 32.9. The second kappa shape index (κ2) is 23.3. The van der Waals surface area contributed by atoms with Gasteiger partial charge in [0, 0.05) is 32.9 Å². The number of aliphatic hydroxyl groups excluding tert-OH is 3. The van der Waals surface area contributed by atoms with Crippen molar-refractivity contribution < 1.29 is 39.2 Å². The van der Waals surface area contributed by atoms with E-state index < -0.39 is 36.3 Å². The summed E-state index contributed by atoms with van der Waals surface area (Å²) < 4.78 is 10.9. The molecular weight excluding hydrogens is 562 g/mol. The zero-order valence-corrected chi connectivity index (χ0v) is 28.0. The number of methoxy groups -OCH3 is 1. The van der Waals surface area contributed by atoms with E-state index in [1.54, 1.807) is 7.11 Å². The van der Waals surface area contributed by atoms with Gasteiger partial charge >= 0.3 is 5.97 Å². The molecule has 7 atom stereocenters. The maximum Gasteiger partial charge on any atom is 0.309 e. The van der Waals surface area contributed by atoms with Gasteiger partial charge in [-0.25, -0.2) is 0 Å². The molecule has 254 valence electrons. The van der Waals surface area contributed by atoms with E-state index in [1.165, 1.54) is 0 Å². The minimum Gasteiger partial charge on any atom is -0.452 e. The Kier molecular flexibility index (Phi) is 21.2. The van der Waals surface area contributed by atoms with Gasteiger partial charge in [-0.15, -0.1) is 0 Å². The van der Waals surface area contributed by atoms with Gasteiger partial charge in [-0.2, -0.15) is 0 Å². The van der Waals surface area contributed by atoms with Crippen LogP contribution in [0.5, 0.6) is 0 Å². The molecule has 0 aliphatic carbocycles. The van der Waals surface area contributed by atoms with Crippen molar-refractivity contribution in [1.29, 1.82) is 0 Å². The van der Waals surface area contributed by atoms with E-state index in [9.17, 15) is 29.7 Å². The van der Waals surface area contributed by atoms with Crippen molar-refractivity contribution in [2.45, 2.75) is 142 Å². The SMILES string of the molecule is CCCC1OC(=O)C(C)CC(C)CCCCC(=O)CCCC(CC)C=C/C=C(/COC)CCC(O)C(O)CC(O)CNC1=O. The fraction of sp³-hybridized carbons (Fsp3) is 0.800. The lowest BCUT2D eigenvalue weighted by molar-refractivity contribution is -0.160. The van der Waals surface area contributed by atoms with Gasteiger partial charge in [-0.1, -0.05) is 65.2 Å². The largest absolute Gasteiger partial charge is 0.452 e. The molecule has 1 amide bonds. The minimum atomic E-state index is -1.17. The van der Waals surface area contributed by atoms with Crippen LogP contribution in [-0.4, -0.2) is 77.7 Å². The Labute approximate surface area is 265 Å². The summed E-state index contributed by atoms with van der Waals surface area (Å²) in [6.45, 7) is 8.21. The van der Waals surface area contributed by atoms with Crippen molar-refractivity contribution in [2.24, 2.45) is 17.8 Å². The molecule has 0 spiro atoms. The summed E-state index contributed by atoms with van der Waals surface area (Å²) in [7, 11) is 1.61. The summed E-state index contributed by atoms with van der Waals surface area (Å²) in [5, 5.41) is 34.1. The molecule has 0 aromatic heterocycles. The quantitative estimate of drug-likeness (QED) is 0.306. The van der Waals surface area contributed by atoms with Gasteiger partial charge in [-0.3, -0.25) is 14.4 Å². The summed E-state index contributed by atoms with van der Waals surface area (Å²) >= 11 is 0. The van der Waals surface area contributed by atoms with Crippen LogP contribution in [0.15, 0.2) is 23.8 Å². The molecular formula is C35H61NO8. The highest BCUT2D eigenvalue weighted by Gasteiger charge is 2.27. The lowest BCUT2D eigenvalue weighted by Crippen LogP contribution is -2.43. The Morgan fingerprint density at radius 2 is 1.66 bits per heavy atom. The Hall–Kier alpha value is -2.07. The van der Waals surface area contributed by atoms with Crippen LogP contribution in [0.1, 0.15) is 118 Å². The number of ether oxygens (including phenoxy) is 2. The summed E-state index contributed by atoms with van der Waals surface area (Å²) in [4.78, 5) is 38.1. The third-order valence-electron chi connectivity index (χ3n) is 8.49. The highest BCUT2D eigenvalue weighted by Crippen LogP contribution is 2.22. The van der Waals surface area contributed by atoms with Crippen LogP contribution in [0.2, 0.25) is 0 Å². The summed E-state index contributed by atoms with van der Waals surface area (Å²) in [6.07, 6.45) is 10.9. The second-order valence-corrected chi connectivity index (χ2v) is 12.8. The van der Waals surface area contributed by atoms with Crippen LogP contribution >= 0.6 is 0 Å². The molecule has 0 fully saturated rings. The van der Waals surface area contributed by atoms with Gasteiger partial charge < -0.3 is 30.1 Å². The van der Waals surface area contributed by atoms with E-state index in [-0.39, 0.29) is 31.2 Å². The van der Waals surface area contributed by atoms with Gasteiger partial charge in [-0.05, 0) is 68.8 Å². The van der Waals surface area contributed by atoms with Crippen molar-refractivity contribution in [2.75, 3.05) is 20.3 Å². The topological polar surface area (TPSA) is 142 Å².